The highest BCUT2D eigenvalue weighted by Crippen LogP contribution is 2.53. The van der Waals surface area contributed by atoms with Crippen molar-refractivity contribution in [3.63, 3.8) is 0 Å². The Balaban J connectivity index is 1.90. The summed E-state index contributed by atoms with van der Waals surface area (Å²) in [6.07, 6.45) is -2.01. The fourth-order valence-corrected chi connectivity index (χ4v) is 4.23. The molecule has 0 aliphatic heterocycles. The average molecular weight is 330 g/mol. The van der Waals surface area contributed by atoms with E-state index < -0.39 is 30.1 Å². The van der Waals surface area contributed by atoms with Gasteiger partial charge in [-0.15, -0.1) is 0 Å². The van der Waals surface area contributed by atoms with Crippen LogP contribution in [0.4, 0.5) is 26.3 Å². The fourth-order valence-electron chi connectivity index (χ4n) is 4.23. The van der Waals surface area contributed by atoms with E-state index in [1.54, 1.807) is 0 Å². The lowest BCUT2D eigenvalue weighted by Crippen LogP contribution is -2.35. The first kappa shape index (κ1) is 17.9. The van der Waals surface area contributed by atoms with Crippen LogP contribution in [-0.4, -0.2) is 12.4 Å². The molecule has 0 bridgehead atoms. The number of halogens is 6. The monoisotopic (exact) mass is 330 g/mol. The van der Waals surface area contributed by atoms with Gasteiger partial charge in [0.2, 0.25) is 0 Å². The van der Waals surface area contributed by atoms with E-state index in [4.69, 9.17) is 0 Å². The zero-order valence-electron chi connectivity index (χ0n) is 12.6. The molecule has 0 radical (unpaired) electrons. The molecule has 2 saturated carbocycles. The molecule has 0 spiro atoms. The van der Waals surface area contributed by atoms with E-state index in [0.29, 0.717) is 12.3 Å². The summed E-state index contributed by atoms with van der Waals surface area (Å²) in [5.41, 5.74) is 0. The van der Waals surface area contributed by atoms with Gasteiger partial charge in [-0.1, -0.05) is 51.4 Å². The zero-order valence-corrected chi connectivity index (χ0v) is 12.6. The van der Waals surface area contributed by atoms with Gasteiger partial charge in [-0.05, 0) is 24.7 Å². The van der Waals surface area contributed by atoms with Gasteiger partial charge in [0.15, 0.2) is 0 Å². The van der Waals surface area contributed by atoms with Gasteiger partial charge in [0.25, 0.3) is 0 Å². The van der Waals surface area contributed by atoms with Crippen LogP contribution in [0, 0.1) is 23.7 Å². The lowest BCUT2D eigenvalue weighted by atomic mass is 9.89. The number of hydrogen-bond donors (Lipinski definition) is 0. The molecule has 0 heterocycles. The maximum absolute atomic E-state index is 12.9. The van der Waals surface area contributed by atoms with E-state index in [-0.39, 0.29) is 12.8 Å². The minimum absolute atomic E-state index is 0.347. The van der Waals surface area contributed by atoms with Crippen LogP contribution in [0.1, 0.15) is 64.2 Å². The van der Waals surface area contributed by atoms with E-state index in [1.165, 1.54) is 12.8 Å². The Hall–Kier alpha value is -0.420. The normalized spacial score (nSPS) is 32.2. The van der Waals surface area contributed by atoms with Crippen LogP contribution in [0.3, 0.4) is 0 Å². The molecule has 22 heavy (non-hydrogen) atoms. The van der Waals surface area contributed by atoms with Gasteiger partial charge in [-0.25, -0.2) is 0 Å². The summed E-state index contributed by atoms with van der Waals surface area (Å²) in [5.74, 6) is -4.34. The maximum Gasteiger partial charge on any atom is 0.392 e. The van der Waals surface area contributed by atoms with Crippen molar-refractivity contribution < 1.29 is 26.3 Å². The summed E-state index contributed by atoms with van der Waals surface area (Å²) in [6.45, 7) is 0. The summed E-state index contributed by atoms with van der Waals surface area (Å²) in [5, 5.41) is 0. The SMILES string of the molecule is FC(F)(F)C1CC(CCC2CCCCCC2)CC1C(F)(F)F. The molecule has 6 heteroatoms. The van der Waals surface area contributed by atoms with Crippen molar-refractivity contribution in [2.75, 3.05) is 0 Å². The van der Waals surface area contributed by atoms with Gasteiger partial charge in [0.1, 0.15) is 0 Å². The second kappa shape index (κ2) is 7.00. The summed E-state index contributed by atoms with van der Waals surface area (Å²) in [6, 6.07) is 0. The van der Waals surface area contributed by atoms with Crippen LogP contribution in [0.25, 0.3) is 0 Å². The molecule has 0 aromatic carbocycles. The predicted molar refractivity (Wildman–Crippen MR) is 72.2 cm³/mol. The third-order valence-electron chi connectivity index (χ3n) is 5.46. The van der Waals surface area contributed by atoms with Gasteiger partial charge < -0.3 is 0 Å². The molecule has 2 aliphatic carbocycles. The Bertz CT molecular complexity index is 316. The van der Waals surface area contributed by atoms with Crippen LogP contribution in [0.5, 0.6) is 0 Å². The van der Waals surface area contributed by atoms with Gasteiger partial charge in [-0.3, -0.25) is 0 Å². The van der Waals surface area contributed by atoms with Crippen LogP contribution in [-0.2, 0) is 0 Å². The summed E-state index contributed by atoms with van der Waals surface area (Å²) < 4.78 is 77.2. The second-order valence-corrected chi connectivity index (χ2v) is 7.07. The molecule has 0 aromatic heterocycles. The molecule has 2 rings (SSSR count). The average Bonchev–Trinajstić information content (AvgIpc) is 2.67. The summed E-state index contributed by atoms with van der Waals surface area (Å²) in [7, 11) is 0. The minimum atomic E-state index is -4.74. The van der Waals surface area contributed by atoms with Crippen molar-refractivity contribution in [1.82, 2.24) is 0 Å². The molecule has 0 saturated heterocycles. The predicted octanol–water partition coefficient (Wildman–Crippen LogP) is 6.50. The fraction of sp³-hybridized carbons (Fsp3) is 1.00. The molecule has 0 N–H and O–H groups in total. The van der Waals surface area contributed by atoms with E-state index >= 15 is 0 Å². The molecule has 2 atom stereocenters. The van der Waals surface area contributed by atoms with Gasteiger partial charge in [0, 0.05) is 0 Å². The molecule has 0 aromatic rings. The van der Waals surface area contributed by atoms with E-state index in [1.807, 2.05) is 0 Å². The maximum atomic E-state index is 12.9. The molecular weight excluding hydrogens is 306 g/mol. The first-order chi connectivity index (χ1) is 10.2. The van der Waals surface area contributed by atoms with Crippen LogP contribution in [0.2, 0.25) is 0 Å². The molecule has 2 aliphatic rings. The van der Waals surface area contributed by atoms with Gasteiger partial charge in [0.05, 0.1) is 11.8 Å². The Kier molecular flexibility index (Phi) is 5.70. The van der Waals surface area contributed by atoms with Crippen molar-refractivity contribution in [2.24, 2.45) is 23.7 Å². The molecule has 130 valence electrons. The number of rotatable bonds is 3. The molecule has 2 unspecified atom stereocenters. The zero-order chi connectivity index (χ0) is 16.4. The lowest BCUT2D eigenvalue weighted by Gasteiger charge is -2.24. The van der Waals surface area contributed by atoms with Crippen molar-refractivity contribution in [3.8, 4) is 0 Å². The number of hydrogen-bond acceptors (Lipinski definition) is 0. The molecule has 0 nitrogen and oxygen atoms in total. The van der Waals surface area contributed by atoms with Gasteiger partial charge in [-0.2, -0.15) is 26.3 Å². The molecule has 0 amide bonds. The quantitative estimate of drug-likeness (QED) is 0.409. The number of alkyl halides is 6. The summed E-state index contributed by atoms with van der Waals surface area (Å²) in [4.78, 5) is 0. The largest absolute Gasteiger partial charge is 0.392 e. The third-order valence-corrected chi connectivity index (χ3v) is 5.46. The second-order valence-electron chi connectivity index (χ2n) is 7.07. The minimum Gasteiger partial charge on any atom is -0.171 e. The summed E-state index contributed by atoms with van der Waals surface area (Å²) >= 11 is 0. The Labute approximate surface area is 127 Å². The van der Waals surface area contributed by atoms with Crippen LogP contribution >= 0.6 is 0 Å². The Morgan fingerprint density at radius 1 is 0.591 bits per heavy atom. The topological polar surface area (TPSA) is 0 Å². The smallest absolute Gasteiger partial charge is 0.171 e. The van der Waals surface area contributed by atoms with E-state index in [2.05, 4.69) is 0 Å². The Morgan fingerprint density at radius 2 is 1.00 bits per heavy atom. The van der Waals surface area contributed by atoms with Crippen LogP contribution in [0.15, 0.2) is 0 Å². The van der Waals surface area contributed by atoms with Crippen LogP contribution < -0.4 is 0 Å². The molecular formula is C16H24F6. The van der Waals surface area contributed by atoms with E-state index in [9.17, 15) is 26.3 Å². The van der Waals surface area contributed by atoms with Crippen molar-refractivity contribution in [2.45, 2.75) is 76.6 Å². The highest BCUT2D eigenvalue weighted by atomic mass is 19.4. The molecule has 2 fully saturated rings. The van der Waals surface area contributed by atoms with Crippen molar-refractivity contribution >= 4 is 0 Å². The first-order valence-corrected chi connectivity index (χ1v) is 8.31. The Morgan fingerprint density at radius 3 is 1.41 bits per heavy atom. The lowest BCUT2D eigenvalue weighted by molar-refractivity contribution is -0.245. The van der Waals surface area contributed by atoms with E-state index in [0.717, 1.165) is 32.1 Å². The van der Waals surface area contributed by atoms with Crippen molar-refractivity contribution in [1.29, 1.82) is 0 Å². The highest BCUT2D eigenvalue weighted by molar-refractivity contribution is 4.91. The first-order valence-electron chi connectivity index (χ1n) is 8.31. The standard InChI is InChI=1S/C16H24F6/c17-15(18,19)13-9-12(10-14(13)16(20,21)22)8-7-11-5-3-1-2-4-6-11/h11-14H,1-10H2. The highest BCUT2D eigenvalue weighted by Gasteiger charge is 2.59. The van der Waals surface area contributed by atoms with Crippen molar-refractivity contribution in [3.05, 3.63) is 0 Å². The third kappa shape index (κ3) is 4.79. The van der Waals surface area contributed by atoms with Gasteiger partial charge >= 0.3 is 12.4 Å².